The SMILES string of the molecule is CN(Cc1ccc(C(F)(F)F)cc1)C(=O)NC1CCc2ccccc21. The number of carbonyl (C=O) groups excluding carboxylic acids is 1. The molecule has 3 nitrogen and oxygen atoms in total. The summed E-state index contributed by atoms with van der Waals surface area (Å²) in [4.78, 5) is 13.8. The topological polar surface area (TPSA) is 32.3 Å². The summed E-state index contributed by atoms with van der Waals surface area (Å²) in [5.41, 5.74) is 2.35. The summed E-state index contributed by atoms with van der Waals surface area (Å²) in [6, 6.07) is 12.6. The second-order valence-corrected chi connectivity index (χ2v) is 6.29. The molecule has 1 unspecified atom stereocenters. The van der Waals surface area contributed by atoms with Crippen molar-refractivity contribution in [1.29, 1.82) is 0 Å². The van der Waals surface area contributed by atoms with Gasteiger partial charge in [-0.25, -0.2) is 4.79 Å². The van der Waals surface area contributed by atoms with Crippen LogP contribution in [0.2, 0.25) is 0 Å². The lowest BCUT2D eigenvalue weighted by Crippen LogP contribution is -2.38. The van der Waals surface area contributed by atoms with E-state index in [-0.39, 0.29) is 18.6 Å². The van der Waals surface area contributed by atoms with Crippen LogP contribution in [0.1, 0.15) is 34.7 Å². The average molecular weight is 348 g/mol. The Bertz CT molecular complexity index is 756. The summed E-state index contributed by atoms with van der Waals surface area (Å²) in [5.74, 6) is 0. The standard InChI is InChI=1S/C19H19F3N2O/c1-24(12-13-6-9-15(10-7-13)19(20,21)22)18(25)23-17-11-8-14-4-2-3-5-16(14)17/h2-7,9-10,17H,8,11-12H2,1H3,(H,23,25). The van der Waals surface area contributed by atoms with Crippen LogP contribution < -0.4 is 5.32 Å². The molecule has 1 N–H and O–H groups in total. The van der Waals surface area contributed by atoms with Gasteiger partial charge >= 0.3 is 12.2 Å². The van der Waals surface area contributed by atoms with Crippen molar-refractivity contribution in [1.82, 2.24) is 10.2 Å². The van der Waals surface area contributed by atoms with Crippen LogP contribution in [0.15, 0.2) is 48.5 Å². The van der Waals surface area contributed by atoms with Gasteiger partial charge in [0.1, 0.15) is 0 Å². The van der Waals surface area contributed by atoms with E-state index in [4.69, 9.17) is 0 Å². The lowest BCUT2D eigenvalue weighted by molar-refractivity contribution is -0.137. The molecule has 1 aliphatic rings. The van der Waals surface area contributed by atoms with Crippen molar-refractivity contribution in [3.63, 3.8) is 0 Å². The van der Waals surface area contributed by atoms with Crippen LogP contribution in [0, 0.1) is 0 Å². The predicted octanol–water partition coefficient (Wildman–Crippen LogP) is 4.53. The summed E-state index contributed by atoms with van der Waals surface area (Å²) < 4.78 is 37.8. The Balaban J connectivity index is 1.60. The van der Waals surface area contributed by atoms with Gasteiger partial charge in [0.15, 0.2) is 0 Å². The Morgan fingerprint density at radius 3 is 2.52 bits per heavy atom. The van der Waals surface area contributed by atoms with E-state index in [2.05, 4.69) is 11.4 Å². The Kier molecular flexibility index (Phi) is 4.70. The number of urea groups is 1. The van der Waals surface area contributed by atoms with Gasteiger partial charge in [0.05, 0.1) is 11.6 Å². The van der Waals surface area contributed by atoms with E-state index in [0.29, 0.717) is 5.56 Å². The highest BCUT2D eigenvalue weighted by molar-refractivity contribution is 5.74. The van der Waals surface area contributed by atoms with Crippen molar-refractivity contribution in [2.45, 2.75) is 31.6 Å². The number of hydrogen-bond acceptors (Lipinski definition) is 1. The first-order valence-electron chi connectivity index (χ1n) is 8.10. The fraction of sp³-hybridized carbons (Fsp3) is 0.316. The van der Waals surface area contributed by atoms with Crippen molar-refractivity contribution in [3.05, 3.63) is 70.8 Å². The number of halogens is 3. The first kappa shape index (κ1) is 17.3. The summed E-state index contributed by atoms with van der Waals surface area (Å²) in [5, 5.41) is 3.00. The van der Waals surface area contributed by atoms with E-state index in [9.17, 15) is 18.0 Å². The van der Waals surface area contributed by atoms with Crippen LogP contribution in [0.4, 0.5) is 18.0 Å². The third-order valence-electron chi connectivity index (χ3n) is 4.48. The van der Waals surface area contributed by atoms with E-state index < -0.39 is 11.7 Å². The van der Waals surface area contributed by atoms with Gasteiger partial charge < -0.3 is 10.2 Å². The largest absolute Gasteiger partial charge is 0.416 e. The molecular formula is C19H19F3N2O. The number of hydrogen-bond donors (Lipinski definition) is 1. The molecule has 132 valence electrons. The van der Waals surface area contributed by atoms with Crippen LogP contribution in [-0.2, 0) is 19.1 Å². The van der Waals surface area contributed by atoms with E-state index in [1.807, 2.05) is 18.2 Å². The van der Waals surface area contributed by atoms with Gasteiger partial charge in [-0.1, -0.05) is 36.4 Å². The number of nitrogens with zero attached hydrogens (tertiary/aromatic N) is 1. The highest BCUT2D eigenvalue weighted by Gasteiger charge is 2.30. The van der Waals surface area contributed by atoms with E-state index in [1.54, 1.807) is 7.05 Å². The minimum atomic E-state index is -4.35. The molecule has 3 rings (SSSR count). The summed E-state index contributed by atoms with van der Waals surface area (Å²) >= 11 is 0. The average Bonchev–Trinajstić information content (AvgIpc) is 2.97. The molecule has 0 radical (unpaired) electrons. The highest BCUT2D eigenvalue weighted by atomic mass is 19.4. The minimum absolute atomic E-state index is 0.0150. The second kappa shape index (κ2) is 6.78. The molecular weight excluding hydrogens is 329 g/mol. The zero-order valence-corrected chi connectivity index (χ0v) is 13.8. The Morgan fingerprint density at radius 2 is 1.84 bits per heavy atom. The first-order valence-corrected chi connectivity index (χ1v) is 8.10. The number of nitrogens with one attached hydrogen (secondary N) is 1. The molecule has 0 aliphatic heterocycles. The van der Waals surface area contributed by atoms with Crippen molar-refractivity contribution in [3.8, 4) is 0 Å². The zero-order chi connectivity index (χ0) is 18.0. The maximum Gasteiger partial charge on any atom is 0.416 e. The molecule has 2 aromatic carbocycles. The molecule has 0 saturated heterocycles. The number of amides is 2. The van der Waals surface area contributed by atoms with Gasteiger partial charge in [-0.15, -0.1) is 0 Å². The van der Waals surface area contributed by atoms with Gasteiger partial charge in [-0.2, -0.15) is 13.2 Å². The number of fused-ring (bicyclic) bond motifs is 1. The zero-order valence-electron chi connectivity index (χ0n) is 13.8. The molecule has 0 fully saturated rings. The number of carbonyl (C=O) groups is 1. The molecule has 0 aromatic heterocycles. The van der Waals surface area contributed by atoms with Crippen LogP contribution >= 0.6 is 0 Å². The van der Waals surface area contributed by atoms with Gasteiger partial charge in [-0.05, 0) is 41.7 Å². The van der Waals surface area contributed by atoms with E-state index >= 15 is 0 Å². The molecule has 1 aliphatic carbocycles. The number of rotatable bonds is 3. The third kappa shape index (κ3) is 3.95. The monoisotopic (exact) mass is 348 g/mol. The lowest BCUT2D eigenvalue weighted by atomic mass is 10.1. The van der Waals surface area contributed by atoms with Crippen LogP contribution in [-0.4, -0.2) is 18.0 Å². The van der Waals surface area contributed by atoms with Crippen LogP contribution in [0.3, 0.4) is 0 Å². The smallest absolute Gasteiger partial charge is 0.331 e. The molecule has 0 saturated carbocycles. The van der Waals surface area contributed by atoms with Gasteiger partial charge in [-0.3, -0.25) is 0 Å². The number of benzene rings is 2. The first-order chi connectivity index (χ1) is 11.8. The van der Waals surface area contributed by atoms with Crippen LogP contribution in [0.25, 0.3) is 0 Å². The van der Waals surface area contributed by atoms with E-state index in [0.717, 1.165) is 30.5 Å². The van der Waals surface area contributed by atoms with Crippen LogP contribution in [0.5, 0.6) is 0 Å². The quantitative estimate of drug-likeness (QED) is 0.868. The highest BCUT2D eigenvalue weighted by Crippen LogP contribution is 2.31. The fourth-order valence-corrected chi connectivity index (χ4v) is 3.11. The predicted molar refractivity (Wildman–Crippen MR) is 88.9 cm³/mol. The molecule has 0 heterocycles. The maximum atomic E-state index is 12.6. The molecule has 25 heavy (non-hydrogen) atoms. The van der Waals surface area contributed by atoms with Crippen molar-refractivity contribution < 1.29 is 18.0 Å². The second-order valence-electron chi connectivity index (χ2n) is 6.29. The summed E-state index contributed by atoms with van der Waals surface area (Å²) in [6.07, 6.45) is -2.55. The van der Waals surface area contributed by atoms with E-state index in [1.165, 1.54) is 22.6 Å². The maximum absolute atomic E-state index is 12.6. The van der Waals surface area contributed by atoms with Gasteiger partial charge in [0.25, 0.3) is 0 Å². The third-order valence-corrected chi connectivity index (χ3v) is 4.48. The molecule has 2 amide bonds. The Hall–Kier alpha value is -2.50. The molecule has 0 bridgehead atoms. The molecule has 0 spiro atoms. The van der Waals surface area contributed by atoms with Gasteiger partial charge in [0.2, 0.25) is 0 Å². The summed E-state index contributed by atoms with van der Waals surface area (Å²) in [6.45, 7) is 0.248. The lowest BCUT2D eigenvalue weighted by Gasteiger charge is -2.22. The van der Waals surface area contributed by atoms with Crippen molar-refractivity contribution in [2.24, 2.45) is 0 Å². The number of alkyl halides is 3. The normalized spacial score (nSPS) is 16.4. The Morgan fingerprint density at radius 1 is 1.16 bits per heavy atom. The van der Waals surface area contributed by atoms with Crippen molar-refractivity contribution >= 4 is 6.03 Å². The molecule has 2 aromatic rings. The number of aryl methyl sites for hydroxylation is 1. The minimum Gasteiger partial charge on any atom is -0.331 e. The van der Waals surface area contributed by atoms with Crippen molar-refractivity contribution in [2.75, 3.05) is 7.05 Å². The Labute approximate surface area is 144 Å². The molecule has 6 heteroatoms. The van der Waals surface area contributed by atoms with Gasteiger partial charge in [0, 0.05) is 13.6 Å². The molecule has 1 atom stereocenters. The fourth-order valence-electron chi connectivity index (χ4n) is 3.11. The summed E-state index contributed by atoms with van der Waals surface area (Å²) in [7, 11) is 1.63.